The summed E-state index contributed by atoms with van der Waals surface area (Å²) >= 11 is 0. The Labute approximate surface area is 120 Å². The van der Waals surface area contributed by atoms with E-state index in [0.29, 0.717) is 39.4 Å². The summed E-state index contributed by atoms with van der Waals surface area (Å²) in [7, 11) is 0. The van der Waals surface area contributed by atoms with Gasteiger partial charge in [-0.1, -0.05) is 0 Å². The molecule has 0 aromatic heterocycles. The fourth-order valence-corrected chi connectivity index (χ4v) is 1.39. The number of nitrogens with one attached hydrogen (secondary N) is 1. The van der Waals surface area contributed by atoms with Gasteiger partial charge in [0.25, 0.3) is 0 Å². The Bertz CT molecular complexity index is 304. The van der Waals surface area contributed by atoms with Crippen LogP contribution in [0.25, 0.3) is 0 Å². The molecule has 0 aliphatic carbocycles. The highest BCUT2D eigenvalue weighted by Gasteiger charge is 2.02. The molecule has 1 amide bonds. The summed E-state index contributed by atoms with van der Waals surface area (Å²) in [4.78, 5) is 32.6. The first-order chi connectivity index (χ1) is 9.52. The molecule has 6 nitrogen and oxygen atoms in total. The number of ether oxygens (including phenoxy) is 2. The zero-order chi connectivity index (χ0) is 15.2. The number of rotatable bonds is 13. The van der Waals surface area contributed by atoms with Crippen LogP contribution in [0.3, 0.4) is 0 Å². The van der Waals surface area contributed by atoms with Crippen molar-refractivity contribution in [2.24, 2.45) is 0 Å². The van der Waals surface area contributed by atoms with Crippen LogP contribution in [0.5, 0.6) is 0 Å². The highest BCUT2D eigenvalue weighted by Crippen LogP contribution is 1.91. The van der Waals surface area contributed by atoms with Crippen molar-refractivity contribution < 1.29 is 23.9 Å². The van der Waals surface area contributed by atoms with Gasteiger partial charge >= 0.3 is 0 Å². The summed E-state index contributed by atoms with van der Waals surface area (Å²) in [6, 6.07) is 0. The molecular formula is C14H25NO5. The number of carbonyl (C=O) groups excluding carboxylic acids is 3. The lowest BCUT2D eigenvalue weighted by atomic mass is 10.2. The molecule has 0 aromatic rings. The van der Waals surface area contributed by atoms with E-state index in [-0.39, 0.29) is 30.3 Å². The number of hydrogen-bond donors (Lipinski definition) is 1. The molecule has 6 heteroatoms. The molecule has 20 heavy (non-hydrogen) atoms. The summed E-state index contributed by atoms with van der Waals surface area (Å²) in [6.07, 6.45) is 1.80. The predicted octanol–water partition coefficient (Wildman–Crippen LogP) is 0.874. The molecule has 0 saturated carbocycles. The largest absolute Gasteiger partial charge is 0.379 e. The van der Waals surface area contributed by atoms with E-state index in [9.17, 15) is 14.4 Å². The number of Topliss-reactive ketones (excluding diaryl/α,β-unsaturated/α-hetero) is 2. The van der Waals surface area contributed by atoms with Crippen molar-refractivity contribution in [1.82, 2.24) is 5.32 Å². The third kappa shape index (κ3) is 14.8. The highest BCUT2D eigenvalue weighted by molar-refractivity contribution is 5.83. The summed E-state index contributed by atoms with van der Waals surface area (Å²) < 4.78 is 10.5. The minimum absolute atomic E-state index is 0.0123. The second-order valence-electron chi connectivity index (χ2n) is 4.58. The summed E-state index contributed by atoms with van der Waals surface area (Å²) in [5.74, 6) is 0.0490. The third-order valence-corrected chi connectivity index (χ3v) is 2.46. The highest BCUT2D eigenvalue weighted by atomic mass is 16.5. The zero-order valence-corrected chi connectivity index (χ0v) is 12.4. The standard InChI is InChI=1S/C14H25NO5/c1-12(16)4-3-8-19-10-11-20-9-7-15-14(18)6-5-13(2)17/h3-11H2,1-2H3,(H,15,18). The maximum Gasteiger partial charge on any atom is 0.220 e. The van der Waals surface area contributed by atoms with Crippen LogP contribution >= 0.6 is 0 Å². The van der Waals surface area contributed by atoms with Crippen LogP contribution < -0.4 is 5.32 Å². The van der Waals surface area contributed by atoms with Crippen molar-refractivity contribution >= 4 is 17.5 Å². The van der Waals surface area contributed by atoms with Crippen LogP contribution in [-0.4, -0.2) is 50.4 Å². The molecule has 0 heterocycles. The normalized spacial score (nSPS) is 10.3. The van der Waals surface area contributed by atoms with Gasteiger partial charge in [-0.2, -0.15) is 0 Å². The van der Waals surface area contributed by atoms with Crippen molar-refractivity contribution in [3.8, 4) is 0 Å². The molecule has 0 atom stereocenters. The first kappa shape index (κ1) is 18.7. The van der Waals surface area contributed by atoms with Gasteiger partial charge in [-0.15, -0.1) is 0 Å². The van der Waals surface area contributed by atoms with Crippen LogP contribution in [-0.2, 0) is 23.9 Å². The average Bonchev–Trinajstić information content (AvgIpc) is 2.38. The van der Waals surface area contributed by atoms with Gasteiger partial charge in [0.2, 0.25) is 5.91 Å². The minimum atomic E-state index is -0.135. The molecule has 0 spiro atoms. The molecule has 0 aliphatic heterocycles. The Kier molecular flexibility index (Phi) is 11.9. The fraction of sp³-hybridized carbons (Fsp3) is 0.786. The molecule has 0 unspecified atom stereocenters. The zero-order valence-electron chi connectivity index (χ0n) is 12.4. The van der Waals surface area contributed by atoms with E-state index < -0.39 is 0 Å². The van der Waals surface area contributed by atoms with Gasteiger partial charge in [-0.25, -0.2) is 0 Å². The topological polar surface area (TPSA) is 81.7 Å². The molecular weight excluding hydrogens is 262 g/mol. The summed E-state index contributed by atoms with van der Waals surface area (Å²) in [5.41, 5.74) is 0. The van der Waals surface area contributed by atoms with Crippen molar-refractivity contribution in [2.45, 2.75) is 39.5 Å². The maximum atomic E-state index is 11.2. The number of carbonyl (C=O) groups is 3. The fourth-order valence-electron chi connectivity index (χ4n) is 1.39. The van der Waals surface area contributed by atoms with Gasteiger partial charge in [0, 0.05) is 32.4 Å². The summed E-state index contributed by atoms with van der Waals surface area (Å²) in [6.45, 7) is 5.38. The van der Waals surface area contributed by atoms with Gasteiger partial charge in [-0.05, 0) is 20.3 Å². The van der Waals surface area contributed by atoms with Gasteiger partial charge in [-0.3, -0.25) is 4.79 Å². The minimum Gasteiger partial charge on any atom is -0.379 e. The van der Waals surface area contributed by atoms with E-state index >= 15 is 0 Å². The molecule has 0 rings (SSSR count). The smallest absolute Gasteiger partial charge is 0.220 e. The van der Waals surface area contributed by atoms with E-state index in [0.717, 1.165) is 6.42 Å². The van der Waals surface area contributed by atoms with Crippen LogP contribution in [0.2, 0.25) is 0 Å². The Morgan fingerprint density at radius 3 is 2.00 bits per heavy atom. The molecule has 0 aliphatic rings. The monoisotopic (exact) mass is 287 g/mol. The lowest BCUT2D eigenvalue weighted by molar-refractivity contribution is -0.124. The quantitative estimate of drug-likeness (QED) is 0.508. The Balaban J connectivity index is 3.18. The third-order valence-electron chi connectivity index (χ3n) is 2.46. The SMILES string of the molecule is CC(=O)CCCOCCOCCNC(=O)CCC(C)=O. The van der Waals surface area contributed by atoms with Crippen molar-refractivity contribution in [1.29, 1.82) is 0 Å². The van der Waals surface area contributed by atoms with E-state index in [4.69, 9.17) is 9.47 Å². The van der Waals surface area contributed by atoms with Gasteiger partial charge in [0.05, 0.1) is 19.8 Å². The Morgan fingerprint density at radius 2 is 1.40 bits per heavy atom. The molecule has 0 radical (unpaired) electrons. The van der Waals surface area contributed by atoms with Crippen LogP contribution in [0, 0.1) is 0 Å². The average molecular weight is 287 g/mol. The molecule has 1 N–H and O–H groups in total. The van der Waals surface area contributed by atoms with Crippen molar-refractivity contribution in [3.05, 3.63) is 0 Å². The predicted molar refractivity (Wildman–Crippen MR) is 74.5 cm³/mol. The van der Waals surface area contributed by atoms with Gasteiger partial charge in [0.1, 0.15) is 11.6 Å². The van der Waals surface area contributed by atoms with E-state index in [1.54, 1.807) is 6.92 Å². The molecule has 0 aromatic carbocycles. The number of ketones is 2. The first-order valence-electron chi connectivity index (χ1n) is 6.93. The maximum absolute atomic E-state index is 11.2. The van der Waals surface area contributed by atoms with E-state index in [1.807, 2.05) is 0 Å². The lowest BCUT2D eigenvalue weighted by Gasteiger charge is -2.06. The molecule has 0 fully saturated rings. The molecule has 0 saturated heterocycles. The van der Waals surface area contributed by atoms with Crippen LogP contribution in [0.1, 0.15) is 39.5 Å². The van der Waals surface area contributed by atoms with Gasteiger partial charge < -0.3 is 24.4 Å². The van der Waals surface area contributed by atoms with Crippen molar-refractivity contribution in [3.63, 3.8) is 0 Å². The summed E-state index contributed by atoms with van der Waals surface area (Å²) in [5, 5.41) is 2.67. The second-order valence-corrected chi connectivity index (χ2v) is 4.58. The Morgan fingerprint density at radius 1 is 0.800 bits per heavy atom. The number of hydrogen-bond acceptors (Lipinski definition) is 5. The van der Waals surface area contributed by atoms with Gasteiger partial charge in [0.15, 0.2) is 0 Å². The molecule has 116 valence electrons. The van der Waals surface area contributed by atoms with Crippen molar-refractivity contribution in [2.75, 3.05) is 33.0 Å². The van der Waals surface area contributed by atoms with E-state index in [1.165, 1.54) is 6.92 Å². The van der Waals surface area contributed by atoms with E-state index in [2.05, 4.69) is 5.32 Å². The van der Waals surface area contributed by atoms with Crippen LogP contribution in [0.4, 0.5) is 0 Å². The number of amides is 1. The lowest BCUT2D eigenvalue weighted by Crippen LogP contribution is -2.27. The first-order valence-corrected chi connectivity index (χ1v) is 6.93. The van der Waals surface area contributed by atoms with Crippen LogP contribution in [0.15, 0.2) is 0 Å². The second kappa shape index (κ2) is 12.7. The Hall–Kier alpha value is -1.27. The molecule has 0 bridgehead atoms.